The average molecular weight is 485 g/mol. The molecule has 32 heavy (non-hydrogen) atoms. The zero-order valence-electron chi connectivity index (χ0n) is 17.2. The molecule has 0 spiro atoms. The quantitative estimate of drug-likeness (QED) is 0.416. The van der Waals surface area contributed by atoms with Crippen molar-refractivity contribution in [1.29, 1.82) is 0 Å². The molecule has 8 heteroatoms. The Labute approximate surface area is 200 Å². The van der Waals surface area contributed by atoms with E-state index in [1.165, 1.54) is 18.9 Å². The Morgan fingerprint density at radius 3 is 2.31 bits per heavy atom. The van der Waals surface area contributed by atoms with E-state index in [2.05, 4.69) is 5.32 Å². The predicted molar refractivity (Wildman–Crippen MR) is 130 cm³/mol. The minimum absolute atomic E-state index is 0.157. The summed E-state index contributed by atoms with van der Waals surface area (Å²) in [4.78, 5) is 29.1. The van der Waals surface area contributed by atoms with E-state index in [-0.39, 0.29) is 10.6 Å². The number of carbonyl (C=O) groups excluding carboxylic acids is 2. The number of benzene rings is 3. The van der Waals surface area contributed by atoms with E-state index < -0.39 is 11.8 Å². The number of thioether (sulfide) groups is 1. The second-order valence-electron chi connectivity index (χ2n) is 6.99. The second-order valence-corrected chi connectivity index (χ2v) is 8.89. The fourth-order valence-corrected chi connectivity index (χ4v) is 4.42. The molecule has 0 unspecified atom stereocenters. The maximum atomic E-state index is 13.5. The Morgan fingerprint density at radius 2 is 1.62 bits per heavy atom. The maximum Gasteiger partial charge on any atom is 0.283 e. The van der Waals surface area contributed by atoms with Crippen molar-refractivity contribution in [3.8, 4) is 5.75 Å². The number of carbonyl (C=O) groups is 2. The molecule has 0 saturated heterocycles. The van der Waals surface area contributed by atoms with Crippen molar-refractivity contribution in [2.24, 2.45) is 0 Å². The first-order valence-electron chi connectivity index (χ1n) is 9.61. The smallest absolute Gasteiger partial charge is 0.283 e. The lowest BCUT2D eigenvalue weighted by molar-refractivity contribution is -0.120. The van der Waals surface area contributed by atoms with E-state index in [9.17, 15) is 9.59 Å². The lowest BCUT2D eigenvalue weighted by Crippen LogP contribution is -2.32. The van der Waals surface area contributed by atoms with Crippen LogP contribution < -0.4 is 15.0 Å². The van der Waals surface area contributed by atoms with Crippen molar-refractivity contribution in [2.75, 3.05) is 17.3 Å². The van der Waals surface area contributed by atoms with E-state index >= 15 is 0 Å². The van der Waals surface area contributed by atoms with Crippen molar-refractivity contribution >= 4 is 58.2 Å². The topological polar surface area (TPSA) is 58.6 Å². The molecule has 5 nitrogen and oxygen atoms in total. The van der Waals surface area contributed by atoms with Crippen molar-refractivity contribution in [3.63, 3.8) is 0 Å². The van der Waals surface area contributed by atoms with Crippen LogP contribution in [0, 0.1) is 6.92 Å². The Hall–Kier alpha value is -2.93. The Kier molecular flexibility index (Phi) is 6.46. The van der Waals surface area contributed by atoms with Crippen LogP contribution in [0.15, 0.2) is 82.2 Å². The molecule has 0 aliphatic carbocycles. The van der Waals surface area contributed by atoms with Gasteiger partial charge in [-0.15, -0.1) is 0 Å². The van der Waals surface area contributed by atoms with E-state index in [0.717, 1.165) is 15.4 Å². The minimum atomic E-state index is -0.486. The third-order valence-electron chi connectivity index (χ3n) is 4.80. The van der Waals surface area contributed by atoms with Crippen LogP contribution in [-0.4, -0.2) is 18.9 Å². The van der Waals surface area contributed by atoms with Gasteiger partial charge in [0.05, 0.1) is 22.8 Å². The zero-order valence-corrected chi connectivity index (χ0v) is 19.5. The molecule has 3 aromatic carbocycles. The molecule has 1 aliphatic rings. The summed E-state index contributed by atoms with van der Waals surface area (Å²) in [5.74, 6) is -0.502. The number of imide groups is 1. The third kappa shape index (κ3) is 4.35. The van der Waals surface area contributed by atoms with E-state index in [1.54, 1.807) is 42.5 Å². The number of ether oxygens (including phenoxy) is 1. The number of rotatable bonds is 6. The Bertz CT molecular complexity index is 1240. The highest BCUT2D eigenvalue weighted by Gasteiger charge is 2.41. The molecule has 1 N–H and O–H groups in total. The van der Waals surface area contributed by atoms with Crippen LogP contribution in [0.5, 0.6) is 5.75 Å². The number of hydrogen-bond acceptors (Lipinski definition) is 5. The summed E-state index contributed by atoms with van der Waals surface area (Å²) in [5, 5.41) is 3.80. The number of aryl methyl sites for hydroxylation is 1. The van der Waals surface area contributed by atoms with Crippen LogP contribution in [0.2, 0.25) is 10.0 Å². The van der Waals surface area contributed by atoms with Crippen LogP contribution in [0.4, 0.5) is 11.4 Å². The molecule has 2 amide bonds. The van der Waals surface area contributed by atoms with Gasteiger partial charge in [0.2, 0.25) is 0 Å². The monoisotopic (exact) mass is 484 g/mol. The van der Waals surface area contributed by atoms with Crippen molar-refractivity contribution in [1.82, 2.24) is 0 Å². The first-order chi connectivity index (χ1) is 15.4. The van der Waals surface area contributed by atoms with Gasteiger partial charge in [-0.05, 0) is 49.4 Å². The first-order valence-corrected chi connectivity index (χ1v) is 11.2. The molecule has 0 fully saturated rings. The summed E-state index contributed by atoms with van der Waals surface area (Å²) in [6.07, 6.45) is 0. The highest BCUT2D eigenvalue weighted by molar-refractivity contribution is 8.04. The van der Waals surface area contributed by atoms with Crippen LogP contribution in [-0.2, 0) is 9.59 Å². The second kappa shape index (κ2) is 9.28. The molecule has 162 valence electrons. The van der Waals surface area contributed by atoms with Crippen LogP contribution in [0.25, 0.3) is 0 Å². The number of hydrogen-bond donors (Lipinski definition) is 1. The number of nitrogens with zero attached hydrogens (tertiary/aromatic N) is 1. The molecule has 0 saturated carbocycles. The van der Waals surface area contributed by atoms with Crippen LogP contribution in [0.3, 0.4) is 0 Å². The van der Waals surface area contributed by atoms with Gasteiger partial charge < -0.3 is 10.1 Å². The molecule has 3 aromatic rings. The van der Waals surface area contributed by atoms with Gasteiger partial charge in [0.1, 0.15) is 16.4 Å². The zero-order chi connectivity index (χ0) is 22.8. The fourth-order valence-electron chi connectivity index (χ4n) is 3.19. The minimum Gasteiger partial charge on any atom is -0.495 e. The highest BCUT2D eigenvalue weighted by atomic mass is 35.5. The summed E-state index contributed by atoms with van der Waals surface area (Å²) >= 11 is 13.4. The number of anilines is 2. The summed E-state index contributed by atoms with van der Waals surface area (Å²) in [5.41, 5.74) is 2.17. The van der Waals surface area contributed by atoms with E-state index in [4.69, 9.17) is 27.9 Å². The normalized spacial score (nSPS) is 13.7. The van der Waals surface area contributed by atoms with Gasteiger partial charge in [-0.3, -0.25) is 9.59 Å². The van der Waals surface area contributed by atoms with Gasteiger partial charge in [0.15, 0.2) is 0 Å². The van der Waals surface area contributed by atoms with Gasteiger partial charge >= 0.3 is 0 Å². The lowest BCUT2D eigenvalue weighted by Gasteiger charge is -2.18. The predicted octanol–water partition coefficient (Wildman–Crippen LogP) is 6.30. The summed E-state index contributed by atoms with van der Waals surface area (Å²) in [6, 6.07) is 19.5. The molecule has 4 rings (SSSR count). The standard InChI is InChI=1S/C24H18Cl2N2O3S/c1-14-7-10-16(11-8-14)32-22-21(27-15-9-12-17(25)18(26)13-15)23(29)28(24(22)30)19-5-3-4-6-20(19)31-2/h3-13,27H,1-2H3. The number of amides is 2. The fraction of sp³-hybridized carbons (Fsp3) is 0.0833. The molecule has 0 bridgehead atoms. The van der Waals surface area contributed by atoms with Crippen molar-refractivity contribution < 1.29 is 14.3 Å². The molecule has 0 aromatic heterocycles. The number of nitrogens with one attached hydrogen (secondary N) is 1. The summed E-state index contributed by atoms with van der Waals surface area (Å²) in [7, 11) is 1.49. The van der Waals surface area contributed by atoms with Gasteiger partial charge in [-0.1, -0.05) is 64.8 Å². The maximum absolute atomic E-state index is 13.5. The average Bonchev–Trinajstić information content (AvgIpc) is 3.01. The van der Waals surface area contributed by atoms with Crippen molar-refractivity contribution in [2.45, 2.75) is 11.8 Å². The molecule has 0 atom stereocenters. The Morgan fingerprint density at radius 1 is 0.906 bits per heavy atom. The summed E-state index contributed by atoms with van der Waals surface area (Å²) in [6.45, 7) is 1.98. The number of para-hydroxylation sites is 2. The number of methoxy groups -OCH3 is 1. The first kappa shape index (κ1) is 22.3. The van der Waals surface area contributed by atoms with E-state index in [0.29, 0.717) is 27.2 Å². The molecular formula is C24H18Cl2N2O3S. The van der Waals surface area contributed by atoms with Gasteiger partial charge in [-0.2, -0.15) is 0 Å². The third-order valence-corrected chi connectivity index (χ3v) is 6.63. The van der Waals surface area contributed by atoms with Crippen LogP contribution >= 0.6 is 35.0 Å². The number of halogens is 2. The molecular weight excluding hydrogens is 467 g/mol. The van der Waals surface area contributed by atoms with Crippen molar-refractivity contribution in [3.05, 3.63) is 92.9 Å². The summed E-state index contributed by atoms with van der Waals surface area (Å²) < 4.78 is 5.38. The lowest BCUT2D eigenvalue weighted by atomic mass is 10.2. The van der Waals surface area contributed by atoms with Crippen LogP contribution in [0.1, 0.15) is 5.56 Å². The van der Waals surface area contributed by atoms with Gasteiger partial charge in [-0.25, -0.2) is 4.90 Å². The molecule has 0 radical (unpaired) electrons. The van der Waals surface area contributed by atoms with Gasteiger partial charge in [0.25, 0.3) is 11.8 Å². The Balaban J connectivity index is 1.77. The molecule has 1 aliphatic heterocycles. The van der Waals surface area contributed by atoms with E-state index in [1.807, 2.05) is 31.2 Å². The van der Waals surface area contributed by atoms with Gasteiger partial charge in [0, 0.05) is 10.6 Å². The molecule has 1 heterocycles. The SMILES string of the molecule is COc1ccccc1N1C(=O)C(Nc2ccc(Cl)c(Cl)c2)=C(Sc2ccc(C)cc2)C1=O. The highest BCUT2D eigenvalue weighted by Crippen LogP contribution is 2.40. The largest absolute Gasteiger partial charge is 0.495 e.